The van der Waals surface area contributed by atoms with Crippen LogP contribution in [0.4, 0.5) is 0 Å². The molecule has 1 aliphatic heterocycles. The molecule has 1 saturated heterocycles. The van der Waals surface area contributed by atoms with Crippen molar-refractivity contribution in [2.45, 2.75) is 25.3 Å². The Bertz CT molecular complexity index is 745. The van der Waals surface area contributed by atoms with Crippen LogP contribution in [0.2, 0.25) is 5.28 Å². The lowest BCUT2D eigenvalue weighted by molar-refractivity contribution is 0.0746. The average Bonchev–Trinajstić information content (AvgIpc) is 3.09. The fourth-order valence-electron chi connectivity index (χ4n) is 3.90. The molecule has 4 rings (SSSR count). The molecule has 2 aliphatic rings. The highest BCUT2D eigenvalue weighted by atomic mass is 35.5. The summed E-state index contributed by atoms with van der Waals surface area (Å²) in [5.41, 5.74) is 2.94. The Morgan fingerprint density at radius 3 is 2.48 bits per heavy atom. The van der Waals surface area contributed by atoms with Crippen molar-refractivity contribution < 1.29 is 4.79 Å². The maximum absolute atomic E-state index is 12.6. The molecule has 132 valence electrons. The van der Waals surface area contributed by atoms with Crippen LogP contribution >= 0.6 is 11.6 Å². The van der Waals surface area contributed by atoms with Crippen LogP contribution in [0.1, 0.15) is 28.2 Å². The molecule has 1 aliphatic carbocycles. The van der Waals surface area contributed by atoms with Crippen LogP contribution in [-0.4, -0.2) is 62.7 Å². The van der Waals surface area contributed by atoms with Gasteiger partial charge in [0.1, 0.15) is 0 Å². The van der Waals surface area contributed by atoms with Gasteiger partial charge in [-0.25, -0.2) is 4.68 Å². The molecule has 7 heteroatoms. The van der Waals surface area contributed by atoms with E-state index < -0.39 is 0 Å². The van der Waals surface area contributed by atoms with Crippen LogP contribution in [0, 0.1) is 0 Å². The van der Waals surface area contributed by atoms with Crippen LogP contribution in [-0.2, 0) is 19.9 Å². The highest BCUT2D eigenvalue weighted by Crippen LogP contribution is 2.26. The normalized spacial score (nSPS) is 19.0. The predicted molar refractivity (Wildman–Crippen MR) is 95.7 cm³/mol. The first-order valence-corrected chi connectivity index (χ1v) is 9.16. The third kappa shape index (κ3) is 3.28. The van der Waals surface area contributed by atoms with Gasteiger partial charge in [0.2, 0.25) is 11.1 Å². The summed E-state index contributed by atoms with van der Waals surface area (Å²) in [7, 11) is 1.69. The number of carbonyl (C=O) groups excluding carboxylic acids is 1. The molecule has 0 unspecified atom stereocenters. The predicted octanol–water partition coefficient (Wildman–Crippen LogP) is 1.78. The van der Waals surface area contributed by atoms with Crippen LogP contribution < -0.4 is 0 Å². The number of amides is 1. The smallest absolute Gasteiger partial charge is 0.293 e. The molecule has 2 heterocycles. The van der Waals surface area contributed by atoms with Crippen molar-refractivity contribution in [3.63, 3.8) is 0 Å². The summed E-state index contributed by atoms with van der Waals surface area (Å²) in [6, 6.07) is 9.26. The second-order valence-corrected chi connectivity index (χ2v) is 7.18. The summed E-state index contributed by atoms with van der Waals surface area (Å²) in [5.74, 6) is 0.0632. The van der Waals surface area contributed by atoms with E-state index in [1.54, 1.807) is 7.05 Å². The lowest BCUT2D eigenvalue weighted by Gasteiger charge is -2.27. The number of fused-ring (bicyclic) bond motifs is 1. The third-order valence-corrected chi connectivity index (χ3v) is 5.59. The van der Waals surface area contributed by atoms with Gasteiger partial charge in [-0.05, 0) is 42.0 Å². The van der Waals surface area contributed by atoms with Gasteiger partial charge in [0.25, 0.3) is 5.91 Å². The molecular weight excluding hydrogens is 338 g/mol. The quantitative estimate of drug-likeness (QED) is 0.820. The van der Waals surface area contributed by atoms with Gasteiger partial charge in [0.15, 0.2) is 0 Å². The molecule has 1 fully saturated rings. The molecule has 1 amide bonds. The van der Waals surface area contributed by atoms with Crippen molar-refractivity contribution in [3.05, 3.63) is 46.5 Å². The molecule has 1 aromatic heterocycles. The molecule has 0 spiro atoms. The van der Waals surface area contributed by atoms with Crippen LogP contribution in [0.25, 0.3) is 0 Å². The molecule has 0 radical (unpaired) electrons. The molecule has 0 N–H and O–H groups in total. The number of halogens is 1. The average molecular weight is 360 g/mol. The summed E-state index contributed by atoms with van der Waals surface area (Å²) in [4.78, 5) is 21.1. The molecule has 0 atom stereocenters. The summed E-state index contributed by atoms with van der Waals surface area (Å²) >= 11 is 5.91. The fraction of sp³-hybridized carbons (Fsp3) is 0.500. The maximum atomic E-state index is 12.6. The van der Waals surface area contributed by atoms with E-state index in [1.165, 1.54) is 15.8 Å². The van der Waals surface area contributed by atoms with Crippen LogP contribution in [0.3, 0.4) is 0 Å². The third-order valence-electron chi connectivity index (χ3n) is 5.26. The number of benzene rings is 1. The summed E-state index contributed by atoms with van der Waals surface area (Å²) in [6.45, 7) is 3.37. The van der Waals surface area contributed by atoms with Gasteiger partial charge in [-0.15, -0.1) is 5.10 Å². The number of nitrogens with zero attached hydrogens (tertiary/aromatic N) is 5. The molecule has 1 aromatic carbocycles. The minimum atomic E-state index is -0.126. The second kappa shape index (κ2) is 6.77. The van der Waals surface area contributed by atoms with Gasteiger partial charge in [0, 0.05) is 39.3 Å². The topological polar surface area (TPSA) is 54.3 Å². The Kier molecular flexibility index (Phi) is 4.48. The Morgan fingerprint density at radius 2 is 1.84 bits per heavy atom. The molecular formula is C18H22ClN5O. The van der Waals surface area contributed by atoms with E-state index >= 15 is 0 Å². The minimum absolute atomic E-state index is 0.126. The maximum Gasteiger partial charge on any atom is 0.293 e. The summed E-state index contributed by atoms with van der Waals surface area (Å²) < 4.78 is 1.43. The Hall–Kier alpha value is -1.92. The van der Waals surface area contributed by atoms with Gasteiger partial charge in [-0.1, -0.05) is 24.3 Å². The van der Waals surface area contributed by atoms with Gasteiger partial charge in [-0.3, -0.25) is 9.69 Å². The highest BCUT2D eigenvalue weighted by molar-refractivity contribution is 6.28. The van der Waals surface area contributed by atoms with Crippen molar-refractivity contribution in [2.75, 3.05) is 26.2 Å². The summed E-state index contributed by atoms with van der Waals surface area (Å²) in [5, 5.41) is 4.35. The van der Waals surface area contributed by atoms with Crippen molar-refractivity contribution in [2.24, 2.45) is 7.05 Å². The van der Waals surface area contributed by atoms with Gasteiger partial charge < -0.3 is 4.90 Å². The zero-order valence-electron chi connectivity index (χ0n) is 14.4. The van der Waals surface area contributed by atoms with E-state index in [9.17, 15) is 4.79 Å². The molecule has 0 bridgehead atoms. The Morgan fingerprint density at radius 1 is 1.12 bits per heavy atom. The van der Waals surface area contributed by atoms with Crippen molar-refractivity contribution in [1.82, 2.24) is 24.6 Å². The number of aromatic nitrogens is 3. The first-order chi connectivity index (χ1) is 12.1. The first-order valence-electron chi connectivity index (χ1n) is 8.78. The van der Waals surface area contributed by atoms with E-state index in [0.29, 0.717) is 12.6 Å². The Labute approximate surface area is 152 Å². The van der Waals surface area contributed by atoms with E-state index in [4.69, 9.17) is 11.6 Å². The molecule has 2 aromatic rings. The monoisotopic (exact) mass is 359 g/mol. The number of hydrogen-bond acceptors (Lipinski definition) is 4. The standard InChI is InChI=1S/C18H22ClN5O/c1-22-18(19)20-16(21-22)17(25)24-8-4-7-23(9-10-24)15-11-13-5-2-3-6-14(13)12-15/h2-3,5-6,15H,4,7-12H2,1H3. The number of aryl methyl sites for hydroxylation is 1. The molecule has 25 heavy (non-hydrogen) atoms. The van der Waals surface area contributed by atoms with Crippen molar-refractivity contribution >= 4 is 17.5 Å². The van der Waals surface area contributed by atoms with Crippen molar-refractivity contribution in [1.29, 1.82) is 0 Å². The SMILES string of the molecule is Cn1nc(C(=O)N2CCCN(C3Cc4ccccc4C3)CC2)nc1Cl. The van der Waals surface area contributed by atoms with Crippen molar-refractivity contribution in [3.8, 4) is 0 Å². The fourth-order valence-corrected chi connectivity index (χ4v) is 4.01. The number of hydrogen-bond donors (Lipinski definition) is 0. The molecule has 0 saturated carbocycles. The second-order valence-electron chi connectivity index (χ2n) is 6.84. The van der Waals surface area contributed by atoms with Gasteiger partial charge in [-0.2, -0.15) is 4.98 Å². The molecule has 6 nitrogen and oxygen atoms in total. The first kappa shape index (κ1) is 16.5. The largest absolute Gasteiger partial charge is 0.335 e. The highest BCUT2D eigenvalue weighted by Gasteiger charge is 2.30. The van der Waals surface area contributed by atoms with E-state index in [2.05, 4.69) is 39.2 Å². The minimum Gasteiger partial charge on any atom is -0.335 e. The Balaban J connectivity index is 1.40. The zero-order chi connectivity index (χ0) is 17.4. The zero-order valence-corrected chi connectivity index (χ0v) is 15.1. The van der Waals surface area contributed by atoms with E-state index in [1.807, 2.05) is 4.90 Å². The van der Waals surface area contributed by atoms with E-state index in [0.717, 1.165) is 38.9 Å². The lowest BCUT2D eigenvalue weighted by atomic mass is 10.1. The summed E-state index contributed by atoms with van der Waals surface area (Å²) in [6.07, 6.45) is 3.20. The number of rotatable bonds is 2. The van der Waals surface area contributed by atoms with Gasteiger partial charge >= 0.3 is 0 Å². The van der Waals surface area contributed by atoms with Crippen LogP contribution in [0.15, 0.2) is 24.3 Å². The van der Waals surface area contributed by atoms with Crippen LogP contribution in [0.5, 0.6) is 0 Å². The lowest BCUT2D eigenvalue weighted by Crippen LogP contribution is -2.40. The number of carbonyl (C=O) groups is 1. The van der Waals surface area contributed by atoms with E-state index in [-0.39, 0.29) is 17.0 Å². The van der Waals surface area contributed by atoms with Gasteiger partial charge in [0.05, 0.1) is 0 Å².